The number of hydrogen-bond donors (Lipinski definition) is 1. The molecule has 1 aromatic rings. The van der Waals surface area contributed by atoms with Crippen LogP contribution in [0.1, 0.15) is 24.3 Å². The summed E-state index contributed by atoms with van der Waals surface area (Å²) in [6, 6.07) is 9.53. The number of hydrogen-bond acceptors (Lipinski definition) is 3. The molecule has 4 heteroatoms. The highest BCUT2D eigenvalue weighted by atomic mass is 16.6. The van der Waals surface area contributed by atoms with Crippen molar-refractivity contribution in [3.8, 4) is 0 Å². The van der Waals surface area contributed by atoms with Gasteiger partial charge in [-0.2, -0.15) is 0 Å². The Morgan fingerprint density at radius 1 is 1.29 bits per heavy atom. The average molecular weight is 231 g/mol. The van der Waals surface area contributed by atoms with Crippen molar-refractivity contribution >= 4 is 11.9 Å². The Hall–Kier alpha value is -1.84. The zero-order valence-electron chi connectivity index (χ0n) is 9.26. The molecule has 4 nitrogen and oxygen atoms in total. The van der Waals surface area contributed by atoms with Gasteiger partial charge in [-0.3, -0.25) is 9.59 Å². The van der Waals surface area contributed by atoms with E-state index in [1.807, 2.05) is 30.3 Å². The Labute approximate surface area is 98.8 Å². The molecule has 1 saturated carbocycles. The van der Waals surface area contributed by atoms with Crippen LogP contribution in [-0.2, 0) is 14.3 Å². The van der Waals surface area contributed by atoms with Crippen molar-refractivity contribution in [1.82, 2.24) is 0 Å². The number of amides is 1. The fourth-order valence-corrected chi connectivity index (χ4v) is 2.74. The number of carbonyl (C=O) groups is 2. The summed E-state index contributed by atoms with van der Waals surface area (Å²) >= 11 is 0. The summed E-state index contributed by atoms with van der Waals surface area (Å²) in [6.07, 6.45) is 1.64. The lowest BCUT2D eigenvalue weighted by atomic mass is 9.82. The molecule has 0 aromatic heterocycles. The van der Waals surface area contributed by atoms with E-state index in [4.69, 9.17) is 10.5 Å². The third-order valence-corrected chi connectivity index (χ3v) is 3.67. The van der Waals surface area contributed by atoms with E-state index in [1.54, 1.807) is 0 Å². The fraction of sp³-hybridized carbons (Fsp3) is 0.385. The van der Waals surface area contributed by atoms with Crippen LogP contribution in [0, 0.1) is 5.92 Å². The van der Waals surface area contributed by atoms with E-state index in [-0.39, 0.29) is 5.92 Å². The third kappa shape index (κ3) is 1.44. The number of primary amides is 1. The number of nitrogens with two attached hydrogens (primary N) is 1. The van der Waals surface area contributed by atoms with Crippen LogP contribution in [0.15, 0.2) is 30.3 Å². The zero-order valence-corrected chi connectivity index (χ0v) is 9.26. The molecule has 88 valence electrons. The monoisotopic (exact) mass is 231 g/mol. The summed E-state index contributed by atoms with van der Waals surface area (Å²) in [6.45, 7) is 0. The zero-order chi connectivity index (χ0) is 12.0. The molecule has 1 spiro atoms. The standard InChI is InChI=1S/C13H13NO3/c14-11(15)9-10(8-4-2-1-3-5-8)13(6-7-13)17-12(9)16/h1-5,9-10H,6-7H2,(H2,14,15). The van der Waals surface area contributed by atoms with Crippen molar-refractivity contribution in [2.75, 3.05) is 0 Å². The SMILES string of the molecule is NC(=O)C1C(=O)OC2(CC2)C1c1ccccc1. The highest BCUT2D eigenvalue weighted by molar-refractivity contribution is 6.00. The molecular weight excluding hydrogens is 218 g/mol. The van der Waals surface area contributed by atoms with Gasteiger partial charge in [-0.25, -0.2) is 0 Å². The van der Waals surface area contributed by atoms with Gasteiger partial charge in [-0.1, -0.05) is 30.3 Å². The lowest BCUT2D eigenvalue weighted by molar-refractivity contribution is -0.147. The molecule has 1 amide bonds. The van der Waals surface area contributed by atoms with Crippen LogP contribution in [0.2, 0.25) is 0 Å². The lowest BCUT2D eigenvalue weighted by Crippen LogP contribution is -2.32. The van der Waals surface area contributed by atoms with Gasteiger partial charge in [0.15, 0.2) is 0 Å². The molecule has 1 aliphatic heterocycles. The number of esters is 1. The quantitative estimate of drug-likeness (QED) is 0.609. The van der Waals surface area contributed by atoms with Gasteiger partial charge in [-0.05, 0) is 18.4 Å². The van der Waals surface area contributed by atoms with Gasteiger partial charge >= 0.3 is 5.97 Å². The first-order valence-electron chi connectivity index (χ1n) is 5.71. The molecule has 2 atom stereocenters. The van der Waals surface area contributed by atoms with E-state index in [0.29, 0.717) is 0 Å². The van der Waals surface area contributed by atoms with Crippen LogP contribution in [-0.4, -0.2) is 17.5 Å². The van der Waals surface area contributed by atoms with Crippen molar-refractivity contribution in [2.45, 2.75) is 24.4 Å². The minimum absolute atomic E-state index is 0.214. The smallest absolute Gasteiger partial charge is 0.319 e. The molecule has 2 fully saturated rings. The Morgan fingerprint density at radius 2 is 1.94 bits per heavy atom. The highest BCUT2D eigenvalue weighted by Crippen LogP contribution is 2.58. The molecule has 1 aliphatic carbocycles. The van der Waals surface area contributed by atoms with Crippen LogP contribution in [0.4, 0.5) is 0 Å². The van der Waals surface area contributed by atoms with Crippen molar-refractivity contribution < 1.29 is 14.3 Å². The normalized spacial score (nSPS) is 29.1. The summed E-state index contributed by atoms with van der Waals surface area (Å²) in [5.74, 6) is -2.11. The molecule has 0 bridgehead atoms. The van der Waals surface area contributed by atoms with Crippen molar-refractivity contribution in [3.05, 3.63) is 35.9 Å². The van der Waals surface area contributed by atoms with Gasteiger partial charge < -0.3 is 10.5 Å². The van der Waals surface area contributed by atoms with E-state index in [0.717, 1.165) is 18.4 Å². The summed E-state index contributed by atoms with van der Waals surface area (Å²) in [4.78, 5) is 23.2. The van der Waals surface area contributed by atoms with Crippen molar-refractivity contribution in [1.29, 1.82) is 0 Å². The maximum Gasteiger partial charge on any atom is 0.319 e. The van der Waals surface area contributed by atoms with Crippen molar-refractivity contribution in [2.24, 2.45) is 11.7 Å². The third-order valence-electron chi connectivity index (χ3n) is 3.67. The van der Waals surface area contributed by atoms with Gasteiger partial charge in [0.1, 0.15) is 11.5 Å². The Bertz CT molecular complexity index is 479. The molecule has 2 unspecified atom stereocenters. The second kappa shape index (κ2) is 3.32. The summed E-state index contributed by atoms with van der Waals surface area (Å²) in [7, 11) is 0. The van der Waals surface area contributed by atoms with Gasteiger partial charge in [0.05, 0.1) is 0 Å². The fourth-order valence-electron chi connectivity index (χ4n) is 2.74. The van der Waals surface area contributed by atoms with E-state index in [1.165, 1.54) is 0 Å². The summed E-state index contributed by atoms with van der Waals surface area (Å²) < 4.78 is 5.36. The molecular formula is C13H13NO3. The largest absolute Gasteiger partial charge is 0.458 e. The predicted molar refractivity (Wildman–Crippen MR) is 59.9 cm³/mol. The first kappa shape index (κ1) is 10.3. The van der Waals surface area contributed by atoms with E-state index < -0.39 is 23.4 Å². The maximum absolute atomic E-state index is 11.7. The minimum atomic E-state index is -0.833. The number of ether oxygens (including phenoxy) is 1. The van der Waals surface area contributed by atoms with Crippen LogP contribution in [0.25, 0.3) is 0 Å². The molecule has 0 radical (unpaired) electrons. The van der Waals surface area contributed by atoms with Gasteiger partial charge in [0.25, 0.3) is 0 Å². The minimum Gasteiger partial charge on any atom is -0.458 e. The van der Waals surface area contributed by atoms with Crippen LogP contribution >= 0.6 is 0 Å². The highest BCUT2D eigenvalue weighted by Gasteiger charge is 2.64. The molecule has 17 heavy (non-hydrogen) atoms. The van der Waals surface area contributed by atoms with E-state index >= 15 is 0 Å². The van der Waals surface area contributed by atoms with Crippen LogP contribution < -0.4 is 5.73 Å². The molecule has 3 rings (SSSR count). The Morgan fingerprint density at radius 3 is 2.47 bits per heavy atom. The number of carbonyl (C=O) groups excluding carboxylic acids is 2. The first-order chi connectivity index (χ1) is 8.14. The Kier molecular flexibility index (Phi) is 2.02. The predicted octanol–water partition coefficient (Wildman–Crippen LogP) is 0.961. The second-order valence-electron chi connectivity index (χ2n) is 4.75. The van der Waals surface area contributed by atoms with Crippen molar-refractivity contribution in [3.63, 3.8) is 0 Å². The van der Waals surface area contributed by atoms with E-state index in [2.05, 4.69) is 0 Å². The summed E-state index contributed by atoms with van der Waals surface area (Å²) in [5.41, 5.74) is 5.82. The molecule has 1 heterocycles. The molecule has 2 N–H and O–H groups in total. The maximum atomic E-state index is 11.7. The topological polar surface area (TPSA) is 69.4 Å². The average Bonchev–Trinajstić information content (AvgIpc) is 2.98. The van der Waals surface area contributed by atoms with Gasteiger partial charge in [0, 0.05) is 5.92 Å². The van der Waals surface area contributed by atoms with E-state index in [9.17, 15) is 9.59 Å². The van der Waals surface area contributed by atoms with Gasteiger partial charge in [-0.15, -0.1) is 0 Å². The Balaban J connectivity index is 2.05. The first-order valence-corrected chi connectivity index (χ1v) is 5.71. The lowest BCUT2D eigenvalue weighted by Gasteiger charge is -2.19. The second-order valence-corrected chi connectivity index (χ2v) is 4.75. The van der Waals surface area contributed by atoms with Gasteiger partial charge in [0.2, 0.25) is 5.91 Å². The number of rotatable bonds is 2. The molecule has 1 aromatic carbocycles. The summed E-state index contributed by atoms with van der Waals surface area (Å²) in [5, 5.41) is 0. The number of benzene rings is 1. The van der Waals surface area contributed by atoms with Crippen LogP contribution in [0.5, 0.6) is 0 Å². The van der Waals surface area contributed by atoms with Crippen LogP contribution in [0.3, 0.4) is 0 Å². The molecule has 2 aliphatic rings. The molecule has 1 saturated heterocycles.